The summed E-state index contributed by atoms with van der Waals surface area (Å²) in [5, 5.41) is 11.5. The quantitative estimate of drug-likeness (QED) is 0.811. The van der Waals surface area contributed by atoms with E-state index >= 15 is 0 Å². The highest BCUT2D eigenvalue weighted by Crippen LogP contribution is 2.29. The van der Waals surface area contributed by atoms with Crippen LogP contribution >= 0.6 is 0 Å². The van der Waals surface area contributed by atoms with Gasteiger partial charge >= 0.3 is 5.97 Å². The summed E-state index contributed by atoms with van der Waals surface area (Å²) in [7, 11) is 1.44. The third-order valence-electron chi connectivity index (χ3n) is 2.43. The number of likely N-dealkylation sites (N-methyl/N-ethyl adjacent to an activating group) is 1. The molecule has 1 aromatic rings. The van der Waals surface area contributed by atoms with Crippen molar-refractivity contribution in [3.05, 3.63) is 23.8 Å². The van der Waals surface area contributed by atoms with Crippen molar-refractivity contribution < 1.29 is 24.2 Å². The summed E-state index contributed by atoms with van der Waals surface area (Å²) in [6, 6.07) is 4.23. The Kier molecular flexibility index (Phi) is 5.17. The molecule has 6 nitrogen and oxygen atoms in total. The Morgan fingerprint density at radius 2 is 2.05 bits per heavy atom. The SMILES string of the molecule is CCNC(=O)C(C)Oc1cc(C(=O)O)ccc1OC. The summed E-state index contributed by atoms with van der Waals surface area (Å²) in [6.07, 6.45) is -0.738. The lowest BCUT2D eigenvalue weighted by molar-refractivity contribution is -0.127. The van der Waals surface area contributed by atoms with Crippen molar-refractivity contribution in [1.29, 1.82) is 0 Å². The average Bonchev–Trinajstić information content (AvgIpc) is 2.38. The third kappa shape index (κ3) is 3.87. The third-order valence-corrected chi connectivity index (χ3v) is 2.43. The normalized spacial score (nSPS) is 11.5. The highest BCUT2D eigenvalue weighted by Gasteiger charge is 2.17. The van der Waals surface area contributed by atoms with Crippen molar-refractivity contribution in [3.63, 3.8) is 0 Å². The number of hydrogen-bond acceptors (Lipinski definition) is 4. The summed E-state index contributed by atoms with van der Waals surface area (Å²) < 4.78 is 10.5. The molecule has 1 amide bonds. The molecular formula is C13H17NO5. The van der Waals surface area contributed by atoms with Crippen LogP contribution in [0.1, 0.15) is 24.2 Å². The van der Waals surface area contributed by atoms with Gasteiger partial charge in [0.15, 0.2) is 17.6 Å². The van der Waals surface area contributed by atoms with Crippen LogP contribution in [0, 0.1) is 0 Å². The minimum absolute atomic E-state index is 0.0684. The minimum atomic E-state index is -1.07. The second-order valence-corrected chi connectivity index (χ2v) is 3.83. The van der Waals surface area contributed by atoms with Gasteiger partial charge in [0.1, 0.15) is 0 Å². The summed E-state index contributed by atoms with van der Waals surface area (Å²) in [6.45, 7) is 3.88. The largest absolute Gasteiger partial charge is 0.493 e. The van der Waals surface area contributed by atoms with Crippen LogP contribution in [0.5, 0.6) is 11.5 Å². The van der Waals surface area contributed by atoms with Crippen molar-refractivity contribution in [1.82, 2.24) is 5.32 Å². The Balaban J connectivity index is 2.94. The predicted octanol–water partition coefficient (Wildman–Crippen LogP) is 1.30. The number of nitrogens with one attached hydrogen (secondary N) is 1. The van der Waals surface area contributed by atoms with E-state index in [1.54, 1.807) is 13.8 Å². The molecule has 0 aliphatic rings. The molecule has 1 unspecified atom stereocenters. The van der Waals surface area contributed by atoms with E-state index in [4.69, 9.17) is 14.6 Å². The van der Waals surface area contributed by atoms with Gasteiger partial charge in [0.25, 0.3) is 5.91 Å². The second-order valence-electron chi connectivity index (χ2n) is 3.83. The topological polar surface area (TPSA) is 84.9 Å². The van der Waals surface area contributed by atoms with Gasteiger partial charge in [-0.25, -0.2) is 4.79 Å². The van der Waals surface area contributed by atoms with E-state index in [2.05, 4.69) is 5.32 Å². The van der Waals surface area contributed by atoms with E-state index in [1.165, 1.54) is 25.3 Å². The number of amides is 1. The fourth-order valence-electron chi connectivity index (χ4n) is 1.46. The fraction of sp³-hybridized carbons (Fsp3) is 0.385. The number of aromatic carboxylic acids is 1. The summed E-state index contributed by atoms with van der Waals surface area (Å²) >= 11 is 0. The Hall–Kier alpha value is -2.24. The zero-order chi connectivity index (χ0) is 14.4. The molecular weight excluding hydrogens is 250 g/mol. The first-order valence-electron chi connectivity index (χ1n) is 5.85. The molecule has 2 N–H and O–H groups in total. The van der Waals surface area contributed by atoms with Gasteiger partial charge in [0.05, 0.1) is 12.7 Å². The molecule has 1 atom stereocenters. The van der Waals surface area contributed by atoms with Crippen LogP contribution in [0.2, 0.25) is 0 Å². The lowest BCUT2D eigenvalue weighted by Crippen LogP contribution is -2.36. The van der Waals surface area contributed by atoms with Gasteiger partial charge in [-0.3, -0.25) is 4.79 Å². The van der Waals surface area contributed by atoms with Crippen LogP contribution in [-0.2, 0) is 4.79 Å². The number of rotatable bonds is 6. The number of carboxylic acid groups (broad SMARTS) is 1. The highest BCUT2D eigenvalue weighted by molar-refractivity contribution is 5.88. The number of hydrogen-bond donors (Lipinski definition) is 2. The molecule has 0 aromatic heterocycles. The smallest absolute Gasteiger partial charge is 0.335 e. The second kappa shape index (κ2) is 6.63. The first-order valence-corrected chi connectivity index (χ1v) is 5.85. The lowest BCUT2D eigenvalue weighted by Gasteiger charge is -2.16. The van der Waals surface area contributed by atoms with Crippen LogP contribution in [-0.4, -0.2) is 36.7 Å². The molecule has 104 valence electrons. The maximum atomic E-state index is 11.6. The highest BCUT2D eigenvalue weighted by atomic mass is 16.5. The van der Waals surface area contributed by atoms with Crippen LogP contribution in [0.3, 0.4) is 0 Å². The van der Waals surface area contributed by atoms with Crippen molar-refractivity contribution in [2.45, 2.75) is 20.0 Å². The number of carbonyl (C=O) groups is 2. The van der Waals surface area contributed by atoms with E-state index in [0.717, 1.165) is 0 Å². The maximum absolute atomic E-state index is 11.6. The zero-order valence-corrected chi connectivity index (χ0v) is 11.1. The van der Waals surface area contributed by atoms with E-state index < -0.39 is 12.1 Å². The van der Waals surface area contributed by atoms with Gasteiger partial charge in [-0.1, -0.05) is 0 Å². The Labute approximate surface area is 111 Å². The van der Waals surface area contributed by atoms with Gasteiger partial charge in [-0.15, -0.1) is 0 Å². The number of methoxy groups -OCH3 is 1. The molecule has 0 aliphatic carbocycles. The van der Waals surface area contributed by atoms with Gasteiger partial charge in [-0.05, 0) is 32.0 Å². The standard InChI is InChI=1S/C13H17NO5/c1-4-14-12(15)8(2)19-11-7-9(13(16)17)5-6-10(11)18-3/h5-8H,4H2,1-3H3,(H,14,15)(H,16,17). The van der Waals surface area contributed by atoms with Crippen LogP contribution < -0.4 is 14.8 Å². The average molecular weight is 267 g/mol. The molecule has 0 fully saturated rings. The summed E-state index contributed by atoms with van der Waals surface area (Å²) in [5.41, 5.74) is 0.0684. The Morgan fingerprint density at radius 1 is 1.37 bits per heavy atom. The van der Waals surface area contributed by atoms with E-state index in [9.17, 15) is 9.59 Å². The molecule has 6 heteroatoms. The number of benzene rings is 1. The maximum Gasteiger partial charge on any atom is 0.335 e. The van der Waals surface area contributed by atoms with E-state index in [1.807, 2.05) is 0 Å². The number of carbonyl (C=O) groups excluding carboxylic acids is 1. The zero-order valence-electron chi connectivity index (χ0n) is 11.1. The monoisotopic (exact) mass is 267 g/mol. The number of carboxylic acids is 1. The van der Waals surface area contributed by atoms with E-state index in [0.29, 0.717) is 12.3 Å². The molecule has 19 heavy (non-hydrogen) atoms. The molecule has 0 heterocycles. The van der Waals surface area contributed by atoms with Crippen LogP contribution in [0.15, 0.2) is 18.2 Å². The predicted molar refractivity (Wildman–Crippen MR) is 68.7 cm³/mol. The van der Waals surface area contributed by atoms with Gasteiger partial charge < -0.3 is 19.9 Å². The molecule has 1 aromatic carbocycles. The molecule has 0 saturated heterocycles. The van der Waals surface area contributed by atoms with Crippen molar-refractivity contribution >= 4 is 11.9 Å². The molecule has 0 aliphatic heterocycles. The number of ether oxygens (including phenoxy) is 2. The molecule has 1 rings (SSSR count). The molecule has 0 bridgehead atoms. The molecule has 0 spiro atoms. The minimum Gasteiger partial charge on any atom is -0.493 e. The van der Waals surface area contributed by atoms with Crippen LogP contribution in [0.4, 0.5) is 0 Å². The summed E-state index contributed by atoms with van der Waals surface area (Å²) in [4.78, 5) is 22.5. The Morgan fingerprint density at radius 3 is 2.58 bits per heavy atom. The van der Waals surface area contributed by atoms with Crippen molar-refractivity contribution in [2.75, 3.05) is 13.7 Å². The van der Waals surface area contributed by atoms with Crippen molar-refractivity contribution in [3.8, 4) is 11.5 Å². The van der Waals surface area contributed by atoms with Crippen molar-refractivity contribution in [2.24, 2.45) is 0 Å². The van der Waals surface area contributed by atoms with Crippen LogP contribution in [0.25, 0.3) is 0 Å². The van der Waals surface area contributed by atoms with E-state index in [-0.39, 0.29) is 17.2 Å². The summed E-state index contributed by atoms with van der Waals surface area (Å²) in [5.74, 6) is -0.745. The first kappa shape index (κ1) is 14.8. The first-order chi connectivity index (χ1) is 8.99. The molecule has 0 saturated carbocycles. The lowest BCUT2D eigenvalue weighted by atomic mass is 10.2. The molecule has 0 radical (unpaired) electrons. The Bertz CT molecular complexity index is 472. The van der Waals surface area contributed by atoms with Gasteiger partial charge in [0, 0.05) is 6.54 Å². The fourth-order valence-corrected chi connectivity index (χ4v) is 1.46. The van der Waals surface area contributed by atoms with Gasteiger partial charge in [0.2, 0.25) is 0 Å². The van der Waals surface area contributed by atoms with Gasteiger partial charge in [-0.2, -0.15) is 0 Å².